The van der Waals surface area contributed by atoms with Crippen molar-refractivity contribution in [2.45, 2.75) is 38.9 Å². The second-order valence-electron chi connectivity index (χ2n) is 3.72. The molecule has 4 nitrogen and oxygen atoms in total. The number of aromatic nitrogens is 2. The first-order chi connectivity index (χ1) is 6.97. The lowest BCUT2D eigenvalue weighted by Gasteiger charge is -2.16. The smallest absolute Gasteiger partial charge is 0.0854 e. The summed E-state index contributed by atoms with van der Waals surface area (Å²) in [4.78, 5) is 0. The molecule has 1 aromatic rings. The van der Waals surface area contributed by atoms with E-state index >= 15 is 0 Å². The molecule has 1 aromatic heterocycles. The zero-order chi connectivity index (χ0) is 11.6. The standard InChI is InChI=1S/C10H17BrN2O2/c1-4-8(14)9(15)5-7-10(11)6(2)12-13(7)3/h8-9,14-15H,4-5H2,1-3H3. The molecule has 86 valence electrons. The first kappa shape index (κ1) is 12.7. The predicted octanol–water partition coefficient (Wildman–Crippen LogP) is 1.17. The molecule has 1 rings (SSSR count). The van der Waals surface area contributed by atoms with Crippen LogP contribution in [0, 0.1) is 6.92 Å². The number of rotatable bonds is 4. The third-order valence-electron chi connectivity index (χ3n) is 2.53. The molecule has 0 spiro atoms. The van der Waals surface area contributed by atoms with Gasteiger partial charge in [-0.2, -0.15) is 5.10 Å². The van der Waals surface area contributed by atoms with Gasteiger partial charge in [-0.15, -0.1) is 0 Å². The summed E-state index contributed by atoms with van der Waals surface area (Å²) in [6.45, 7) is 3.74. The van der Waals surface area contributed by atoms with Crippen molar-refractivity contribution in [3.8, 4) is 0 Å². The molecular weight excluding hydrogens is 260 g/mol. The van der Waals surface area contributed by atoms with Crippen LogP contribution in [0.1, 0.15) is 24.7 Å². The van der Waals surface area contributed by atoms with Crippen LogP contribution in [0.4, 0.5) is 0 Å². The third kappa shape index (κ3) is 2.80. The molecule has 0 fully saturated rings. The molecule has 2 atom stereocenters. The van der Waals surface area contributed by atoms with E-state index in [-0.39, 0.29) is 0 Å². The van der Waals surface area contributed by atoms with Gasteiger partial charge in [0.2, 0.25) is 0 Å². The van der Waals surface area contributed by atoms with Crippen molar-refractivity contribution in [3.63, 3.8) is 0 Å². The summed E-state index contributed by atoms with van der Waals surface area (Å²) in [6.07, 6.45) is -0.448. The van der Waals surface area contributed by atoms with Crippen molar-refractivity contribution in [1.82, 2.24) is 9.78 Å². The Morgan fingerprint density at radius 2 is 2.00 bits per heavy atom. The lowest BCUT2D eigenvalue weighted by Crippen LogP contribution is -2.28. The molecule has 5 heteroatoms. The van der Waals surface area contributed by atoms with Crippen LogP contribution in [0.25, 0.3) is 0 Å². The zero-order valence-corrected chi connectivity index (χ0v) is 10.8. The largest absolute Gasteiger partial charge is 0.390 e. The molecule has 0 aliphatic heterocycles. The van der Waals surface area contributed by atoms with Gasteiger partial charge in [-0.1, -0.05) is 6.92 Å². The van der Waals surface area contributed by atoms with Crippen molar-refractivity contribution in [1.29, 1.82) is 0 Å². The minimum atomic E-state index is -0.735. The first-order valence-electron chi connectivity index (χ1n) is 5.01. The molecule has 0 saturated carbocycles. The lowest BCUT2D eigenvalue weighted by atomic mass is 10.1. The SMILES string of the molecule is CCC(O)C(O)Cc1c(Br)c(C)nn1C. The molecule has 0 saturated heterocycles. The highest BCUT2D eigenvalue weighted by molar-refractivity contribution is 9.10. The van der Waals surface area contributed by atoms with Crippen molar-refractivity contribution in [2.24, 2.45) is 7.05 Å². The topological polar surface area (TPSA) is 58.3 Å². The summed E-state index contributed by atoms with van der Waals surface area (Å²) in [5.41, 5.74) is 1.80. The summed E-state index contributed by atoms with van der Waals surface area (Å²) in [5.74, 6) is 0. The van der Waals surface area contributed by atoms with E-state index in [1.54, 1.807) is 4.68 Å². The van der Waals surface area contributed by atoms with E-state index in [1.165, 1.54) is 0 Å². The Balaban J connectivity index is 2.80. The molecule has 0 bridgehead atoms. The second-order valence-corrected chi connectivity index (χ2v) is 4.51. The minimum absolute atomic E-state index is 0.410. The Bertz CT molecular complexity index is 338. The highest BCUT2D eigenvalue weighted by atomic mass is 79.9. The first-order valence-corrected chi connectivity index (χ1v) is 5.80. The second kappa shape index (κ2) is 5.09. The fourth-order valence-corrected chi connectivity index (χ4v) is 2.01. The van der Waals surface area contributed by atoms with Crippen LogP contribution in [-0.4, -0.2) is 32.2 Å². The van der Waals surface area contributed by atoms with E-state index in [2.05, 4.69) is 21.0 Å². The summed E-state index contributed by atoms with van der Waals surface area (Å²) < 4.78 is 2.64. The Morgan fingerprint density at radius 1 is 1.40 bits per heavy atom. The summed E-state index contributed by atoms with van der Waals surface area (Å²) in [5, 5.41) is 23.4. The fraction of sp³-hybridized carbons (Fsp3) is 0.700. The number of aliphatic hydroxyl groups is 2. The van der Waals surface area contributed by atoms with Crippen LogP contribution in [0.15, 0.2) is 4.47 Å². The molecule has 1 heterocycles. The van der Waals surface area contributed by atoms with Crippen LogP contribution >= 0.6 is 15.9 Å². The van der Waals surface area contributed by atoms with Crippen LogP contribution in [0.5, 0.6) is 0 Å². The van der Waals surface area contributed by atoms with Crippen LogP contribution in [0.2, 0.25) is 0 Å². The Hall–Kier alpha value is -0.390. The molecule has 15 heavy (non-hydrogen) atoms. The van der Waals surface area contributed by atoms with Gasteiger partial charge < -0.3 is 10.2 Å². The van der Waals surface area contributed by atoms with Crippen LogP contribution in [-0.2, 0) is 13.5 Å². The van der Waals surface area contributed by atoms with E-state index < -0.39 is 12.2 Å². The van der Waals surface area contributed by atoms with Crippen molar-refractivity contribution < 1.29 is 10.2 Å². The van der Waals surface area contributed by atoms with E-state index in [4.69, 9.17) is 0 Å². The van der Waals surface area contributed by atoms with E-state index in [9.17, 15) is 10.2 Å². The maximum atomic E-state index is 9.72. The predicted molar refractivity (Wildman–Crippen MR) is 61.7 cm³/mol. The molecule has 0 aromatic carbocycles. The monoisotopic (exact) mass is 276 g/mol. The van der Waals surface area contributed by atoms with E-state index in [1.807, 2.05) is 20.9 Å². The summed E-state index contributed by atoms with van der Waals surface area (Å²) >= 11 is 3.42. The highest BCUT2D eigenvalue weighted by Crippen LogP contribution is 2.22. The highest BCUT2D eigenvalue weighted by Gasteiger charge is 2.19. The number of aliphatic hydroxyl groups excluding tert-OH is 2. The normalized spacial score (nSPS) is 15.3. The number of nitrogens with zero attached hydrogens (tertiary/aromatic N) is 2. The van der Waals surface area contributed by atoms with Gasteiger partial charge in [-0.25, -0.2) is 0 Å². The zero-order valence-electron chi connectivity index (χ0n) is 9.24. The molecule has 0 amide bonds. The number of hydrogen-bond donors (Lipinski definition) is 2. The van der Waals surface area contributed by atoms with Crippen LogP contribution < -0.4 is 0 Å². The third-order valence-corrected chi connectivity index (χ3v) is 3.56. The quantitative estimate of drug-likeness (QED) is 0.868. The minimum Gasteiger partial charge on any atom is -0.390 e. The molecule has 0 aliphatic carbocycles. The maximum Gasteiger partial charge on any atom is 0.0854 e. The maximum absolute atomic E-state index is 9.72. The summed E-state index contributed by atoms with van der Waals surface area (Å²) in [6, 6.07) is 0. The average Bonchev–Trinajstić information content (AvgIpc) is 2.43. The van der Waals surface area contributed by atoms with Crippen LogP contribution in [0.3, 0.4) is 0 Å². The Kier molecular flexibility index (Phi) is 4.31. The molecule has 0 radical (unpaired) electrons. The molecule has 2 unspecified atom stereocenters. The number of hydrogen-bond acceptors (Lipinski definition) is 3. The molecular formula is C10H17BrN2O2. The number of aryl methyl sites for hydroxylation is 2. The average molecular weight is 277 g/mol. The van der Waals surface area contributed by atoms with Gasteiger partial charge in [-0.05, 0) is 29.3 Å². The Labute approximate surface area is 98.0 Å². The van der Waals surface area contributed by atoms with Gasteiger partial charge in [0.15, 0.2) is 0 Å². The van der Waals surface area contributed by atoms with Gasteiger partial charge in [0, 0.05) is 13.5 Å². The lowest BCUT2D eigenvalue weighted by molar-refractivity contribution is 0.0170. The van der Waals surface area contributed by atoms with E-state index in [0.29, 0.717) is 12.8 Å². The summed E-state index contributed by atoms with van der Waals surface area (Å²) in [7, 11) is 1.83. The van der Waals surface area contributed by atoms with Gasteiger partial charge in [0.25, 0.3) is 0 Å². The molecule has 2 N–H and O–H groups in total. The van der Waals surface area contributed by atoms with Crippen molar-refractivity contribution in [2.75, 3.05) is 0 Å². The van der Waals surface area contributed by atoms with Crippen molar-refractivity contribution >= 4 is 15.9 Å². The van der Waals surface area contributed by atoms with Gasteiger partial charge in [0.1, 0.15) is 0 Å². The molecule has 0 aliphatic rings. The van der Waals surface area contributed by atoms with Crippen molar-refractivity contribution in [3.05, 3.63) is 15.9 Å². The Morgan fingerprint density at radius 3 is 2.40 bits per heavy atom. The number of halogens is 1. The van der Waals surface area contributed by atoms with Gasteiger partial charge >= 0.3 is 0 Å². The fourth-order valence-electron chi connectivity index (χ4n) is 1.51. The van der Waals surface area contributed by atoms with Gasteiger partial charge in [0.05, 0.1) is 28.1 Å². The van der Waals surface area contributed by atoms with Gasteiger partial charge in [-0.3, -0.25) is 4.68 Å². The van der Waals surface area contributed by atoms with E-state index in [0.717, 1.165) is 15.9 Å².